The van der Waals surface area contributed by atoms with Crippen molar-refractivity contribution in [3.8, 4) is 11.8 Å². The number of aromatic nitrogens is 2. The van der Waals surface area contributed by atoms with Gasteiger partial charge in [-0.15, -0.1) is 0 Å². The standard InChI is InChI=1S/C42H57N5O10S/c1-3-27-23-42(27,40(52)45-58(53,54)29-18-19-29)44-37(49)32-21-28-24-47(32)39(51)31(25-11-6-7-12-25)22-35(48)57-33-16-9-14-26(33)13-5-4-8-20-46-38(50)30-15-10-17-34(55-2)36(30)43-41(46)56-28/h10,15,17,25-29,31-33H,3-9,11-14,16,18-24H2,1-2H3,(H,44,49)(H,45,52)/t26-,27-,28-,31+,32+,33-,42-/m1/s1. The molecule has 1 aromatic heterocycles. The van der Waals surface area contributed by atoms with Crippen molar-refractivity contribution in [1.82, 2.24) is 24.5 Å². The van der Waals surface area contributed by atoms with Gasteiger partial charge in [0.1, 0.15) is 35.1 Å². The molecular weight excluding hydrogens is 767 g/mol. The molecule has 58 heavy (non-hydrogen) atoms. The van der Waals surface area contributed by atoms with Crippen LogP contribution in [0.4, 0.5) is 0 Å². The van der Waals surface area contributed by atoms with Crippen molar-refractivity contribution in [3.63, 3.8) is 0 Å². The quantitative estimate of drug-likeness (QED) is 0.364. The van der Waals surface area contributed by atoms with Crippen molar-refractivity contribution in [3.05, 3.63) is 28.6 Å². The largest absolute Gasteiger partial charge is 0.494 e. The first-order valence-corrected chi connectivity index (χ1v) is 23.1. The van der Waals surface area contributed by atoms with Gasteiger partial charge < -0.3 is 24.4 Å². The van der Waals surface area contributed by atoms with E-state index in [1.54, 1.807) is 18.2 Å². The molecule has 1 saturated heterocycles. The van der Waals surface area contributed by atoms with E-state index in [2.05, 4.69) is 10.0 Å². The third-order valence-electron chi connectivity index (χ3n) is 13.8. The van der Waals surface area contributed by atoms with Crippen molar-refractivity contribution >= 4 is 44.6 Å². The first kappa shape index (κ1) is 40.6. The van der Waals surface area contributed by atoms with E-state index in [-0.39, 0.29) is 67.1 Å². The van der Waals surface area contributed by atoms with Crippen LogP contribution in [-0.2, 0) is 40.5 Å². The fourth-order valence-electron chi connectivity index (χ4n) is 10.2. The number of benzene rings is 1. The molecule has 7 atom stereocenters. The maximum absolute atomic E-state index is 15.0. The number of amides is 3. The Morgan fingerprint density at radius 2 is 1.69 bits per heavy atom. The number of methoxy groups -OCH3 is 1. The smallest absolute Gasteiger partial charge is 0.306 e. The van der Waals surface area contributed by atoms with Gasteiger partial charge in [0, 0.05) is 13.0 Å². The SMILES string of the molecule is CC[C@@H]1C[C@]1(NC(=O)[C@@H]1C[C@@H]2CN1C(=O)[C@H](C1CCCC1)CC(=O)O[C@@H]1CCC[C@H]1CCCCCn1c(nc3c(OC)cccc3c1=O)O2)C(=O)NS(=O)(=O)C1CC1. The van der Waals surface area contributed by atoms with Gasteiger partial charge in [0.15, 0.2) is 0 Å². The van der Waals surface area contributed by atoms with Crippen LogP contribution in [0.15, 0.2) is 23.0 Å². The van der Waals surface area contributed by atoms with Crippen LogP contribution in [0.2, 0.25) is 0 Å². The number of rotatable bonds is 8. The molecule has 3 heterocycles. The number of nitrogens with one attached hydrogen (secondary N) is 2. The molecule has 0 unspecified atom stereocenters. The predicted molar refractivity (Wildman–Crippen MR) is 212 cm³/mol. The average molecular weight is 824 g/mol. The van der Waals surface area contributed by atoms with E-state index in [1.807, 2.05) is 6.92 Å². The van der Waals surface area contributed by atoms with E-state index in [4.69, 9.17) is 19.2 Å². The molecule has 1 aromatic carbocycles. The summed E-state index contributed by atoms with van der Waals surface area (Å²) in [5, 5.41) is 2.67. The highest BCUT2D eigenvalue weighted by molar-refractivity contribution is 7.91. The molecule has 15 nitrogen and oxygen atoms in total. The number of carbonyl (C=O) groups excluding carboxylic acids is 4. The first-order chi connectivity index (χ1) is 27.9. The molecule has 2 bridgehead atoms. The normalized spacial score (nSPS) is 31.0. The highest BCUT2D eigenvalue weighted by Crippen LogP contribution is 2.47. The zero-order chi connectivity index (χ0) is 40.8. The number of nitrogens with zero attached hydrogens (tertiary/aromatic N) is 3. The zero-order valence-corrected chi connectivity index (χ0v) is 34.4. The molecule has 3 amide bonds. The molecule has 2 aromatic rings. The highest BCUT2D eigenvalue weighted by atomic mass is 32.2. The van der Waals surface area contributed by atoms with Gasteiger partial charge in [-0.3, -0.25) is 33.3 Å². The van der Waals surface area contributed by atoms with Gasteiger partial charge in [-0.05, 0) is 94.1 Å². The number of esters is 1. The lowest BCUT2D eigenvalue weighted by Crippen LogP contribution is -2.57. The summed E-state index contributed by atoms with van der Waals surface area (Å²) in [6.07, 6.45) is 10.1. The number of hydrogen-bond acceptors (Lipinski definition) is 11. The van der Waals surface area contributed by atoms with Crippen LogP contribution in [0.5, 0.6) is 11.8 Å². The van der Waals surface area contributed by atoms with Crippen LogP contribution in [0.1, 0.15) is 116 Å². The number of ether oxygens (including phenoxy) is 3. The van der Waals surface area contributed by atoms with E-state index in [0.29, 0.717) is 48.9 Å². The second kappa shape index (κ2) is 16.4. The Balaban J connectivity index is 1.15. The Hall–Kier alpha value is -4.21. The maximum atomic E-state index is 15.0. The van der Waals surface area contributed by atoms with Crippen molar-refractivity contribution in [1.29, 1.82) is 0 Å². The fourth-order valence-corrected chi connectivity index (χ4v) is 11.6. The van der Waals surface area contributed by atoms with Crippen LogP contribution < -0.4 is 25.1 Å². The third kappa shape index (κ3) is 8.05. The van der Waals surface area contributed by atoms with Crippen LogP contribution >= 0.6 is 0 Å². The summed E-state index contributed by atoms with van der Waals surface area (Å²) in [6, 6.07) is 4.11. The van der Waals surface area contributed by atoms with Crippen LogP contribution in [0, 0.1) is 23.7 Å². The van der Waals surface area contributed by atoms with Crippen molar-refractivity contribution in [2.24, 2.45) is 23.7 Å². The summed E-state index contributed by atoms with van der Waals surface area (Å²) in [7, 11) is -2.38. The van der Waals surface area contributed by atoms with Crippen LogP contribution in [0.25, 0.3) is 10.9 Å². The van der Waals surface area contributed by atoms with Gasteiger partial charge in [0.05, 0.1) is 36.6 Å². The molecule has 4 saturated carbocycles. The lowest BCUT2D eigenvalue weighted by molar-refractivity contribution is -0.156. The van der Waals surface area contributed by atoms with Crippen LogP contribution in [-0.4, -0.2) is 89.3 Å². The van der Waals surface area contributed by atoms with E-state index >= 15 is 0 Å². The van der Waals surface area contributed by atoms with Crippen molar-refractivity contribution < 1.29 is 41.8 Å². The lowest BCUT2D eigenvalue weighted by atomic mass is 9.86. The molecular formula is C42H57N5O10S. The van der Waals surface area contributed by atoms with Gasteiger partial charge in [0.2, 0.25) is 21.8 Å². The molecule has 5 fully saturated rings. The topological polar surface area (TPSA) is 192 Å². The Morgan fingerprint density at radius 3 is 2.41 bits per heavy atom. The van der Waals surface area contributed by atoms with Gasteiger partial charge in [0.25, 0.3) is 17.5 Å². The van der Waals surface area contributed by atoms with Gasteiger partial charge in [-0.2, -0.15) is 4.98 Å². The minimum Gasteiger partial charge on any atom is -0.494 e. The molecule has 16 heteroatoms. The van der Waals surface area contributed by atoms with Gasteiger partial charge in [-0.25, -0.2) is 8.42 Å². The summed E-state index contributed by atoms with van der Waals surface area (Å²) in [6.45, 7) is 2.17. The molecule has 2 N–H and O–H groups in total. The fraction of sp³-hybridized carbons (Fsp3) is 0.714. The minimum absolute atomic E-state index is 0.0118. The molecule has 0 radical (unpaired) electrons. The summed E-state index contributed by atoms with van der Waals surface area (Å²) in [4.78, 5) is 77.4. The number of sulfonamides is 1. The Kier molecular flexibility index (Phi) is 11.5. The number of para-hydroxylation sites is 1. The van der Waals surface area contributed by atoms with Crippen molar-refractivity contribution in [2.45, 2.75) is 152 Å². The average Bonchev–Trinajstić information content (AvgIpc) is 3.99. The van der Waals surface area contributed by atoms with E-state index in [0.717, 1.165) is 64.2 Å². The lowest BCUT2D eigenvalue weighted by Gasteiger charge is -2.32. The Morgan fingerprint density at radius 1 is 0.948 bits per heavy atom. The number of hydrogen-bond donors (Lipinski definition) is 2. The third-order valence-corrected chi connectivity index (χ3v) is 15.6. The molecule has 8 rings (SSSR count). The Labute approximate surface area is 339 Å². The zero-order valence-electron chi connectivity index (χ0n) is 33.6. The highest BCUT2D eigenvalue weighted by Gasteiger charge is 2.62. The second-order valence-corrected chi connectivity index (χ2v) is 19.5. The van der Waals surface area contributed by atoms with E-state index < -0.39 is 56.7 Å². The minimum atomic E-state index is -3.88. The summed E-state index contributed by atoms with van der Waals surface area (Å²) in [5.41, 5.74) is -1.40. The maximum Gasteiger partial charge on any atom is 0.306 e. The summed E-state index contributed by atoms with van der Waals surface area (Å²) >= 11 is 0. The molecule has 0 spiro atoms. The molecule has 316 valence electrons. The first-order valence-electron chi connectivity index (χ1n) is 21.5. The Bertz CT molecular complexity index is 2100. The predicted octanol–water partition coefficient (Wildman–Crippen LogP) is 4.13. The van der Waals surface area contributed by atoms with Gasteiger partial charge >= 0.3 is 5.97 Å². The summed E-state index contributed by atoms with van der Waals surface area (Å²) < 4.78 is 47.8. The van der Waals surface area contributed by atoms with E-state index in [9.17, 15) is 32.4 Å². The number of carbonyl (C=O) groups is 4. The van der Waals surface area contributed by atoms with Crippen LogP contribution in [0.3, 0.4) is 0 Å². The van der Waals surface area contributed by atoms with Crippen molar-refractivity contribution in [2.75, 3.05) is 13.7 Å². The number of fused-ring (bicyclic) bond motifs is 5. The monoisotopic (exact) mass is 823 g/mol. The summed E-state index contributed by atoms with van der Waals surface area (Å²) in [5.74, 6) is -2.60. The molecule has 2 aliphatic heterocycles. The second-order valence-electron chi connectivity index (χ2n) is 17.6. The van der Waals surface area contributed by atoms with Gasteiger partial charge in [-0.1, -0.05) is 45.1 Å². The van der Waals surface area contributed by atoms with E-state index in [1.165, 1.54) is 16.6 Å². The molecule has 6 aliphatic rings. The molecule has 4 aliphatic carbocycles.